The summed E-state index contributed by atoms with van der Waals surface area (Å²) in [6, 6.07) is 18.1. The molecule has 2 heterocycles. The summed E-state index contributed by atoms with van der Waals surface area (Å²) in [6.07, 6.45) is 0. The van der Waals surface area contributed by atoms with Crippen LogP contribution >= 0.6 is 0 Å². The lowest BCUT2D eigenvalue weighted by molar-refractivity contribution is 0.174. The van der Waals surface area contributed by atoms with Gasteiger partial charge in [0.05, 0.1) is 11.7 Å². The van der Waals surface area contributed by atoms with Crippen molar-refractivity contribution in [2.75, 3.05) is 18.2 Å². The number of fused-ring (bicyclic) bond motifs is 3. The molecule has 0 bridgehead atoms. The Labute approximate surface area is 151 Å². The second kappa shape index (κ2) is 5.66. The van der Waals surface area contributed by atoms with Crippen molar-refractivity contribution in [2.24, 2.45) is 0 Å². The Bertz CT molecular complexity index is 1030. The molecule has 3 aromatic carbocycles. The molecule has 2 aliphatic heterocycles. The van der Waals surface area contributed by atoms with Gasteiger partial charge in [0.1, 0.15) is 0 Å². The average molecular weight is 346 g/mol. The van der Waals surface area contributed by atoms with Crippen LogP contribution in [0.3, 0.4) is 0 Å². The van der Waals surface area contributed by atoms with Crippen LogP contribution in [-0.2, 0) is 0 Å². The third-order valence-electron chi connectivity index (χ3n) is 5.06. The van der Waals surface area contributed by atoms with Gasteiger partial charge in [-0.05, 0) is 35.4 Å². The smallest absolute Gasteiger partial charge is 0.322 e. The fraction of sp³-hybridized carbons (Fsp3) is 0.190. The van der Waals surface area contributed by atoms with Gasteiger partial charge < -0.3 is 14.8 Å². The Hall–Kier alpha value is -3.21. The van der Waals surface area contributed by atoms with Crippen LogP contribution in [0.4, 0.5) is 10.5 Å². The van der Waals surface area contributed by atoms with Crippen LogP contribution in [0.5, 0.6) is 11.5 Å². The maximum Gasteiger partial charge on any atom is 0.322 e. The number of nitrogens with one attached hydrogen (secondary N) is 1. The minimum absolute atomic E-state index is 0.1000. The number of amides is 2. The van der Waals surface area contributed by atoms with Gasteiger partial charge in [0.25, 0.3) is 0 Å². The van der Waals surface area contributed by atoms with Gasteiger partial charge in [0, 0.05) is 18.2 Å². The number of benzene rings is 3. The molecule has 0 radical (unpaired) electrons. The molecule has 26 heavy (non-hydrogen) atoms. The Morgan fingerprint density at radius 1 is 1.04 bits per heavy atom. The number of hydrogen-bond donors (Lipinski definition) is 1. The highest BCUT2D eigenvalue weighted by molar-refractivity contribution is 5.97. The van der Waals surface area contributed by atoms with E-state index in [2.05, 4.69) is 35.6 Å². The zero-order valence-electron chi connectivity index (χ0n) is 14.4. The SMILES string of the molecule is CCN1C(=O)NC(c2ccc3ccccc3c2)c2cc3c(cc21)OCO3. The quantitative estimate of drug-likeness (QED) is 0.756. The van der Waals surface area contributed by atoms with Gasteiger partial charge >= 0.3 is 6.03 Å². The van der Waals surface area contributed by atoms with Crippen LogP contribution in [0.15, 0.2) is 54.6 Å². The molecular weight excluding hydrogens is 328 g/mol. The van der Waals surface area contributed by atoms with Gasteiger partial charge in [-0.2, -0.15) is 0 Å². The minimum atomic E-state index is -0.223. The Balaban J connectivity index is 1.68. The van der Waals surface area contributed by atoms with Crippen LogP contribution in [0.1, 0.15) is 24.1 Å². The summed E-state index contributed by atoms with van der Waals surface area (Å²) in [4.78, 5) is 14.4. The van der Waals surface area contributed by atoms with Crippen LogP contribution in [0.2, 0.25) is 0 Å². The molecule has 0 aliphatic carbocycles. The number of ether oxygens (including phenoxy) is 2. The van der Waals surface area contributed by atoms with E-state index in [4.69, 9.17) is 9.47 Å². The van der Waals surface area contributed by atoms with Crippen LogP contribution < -0.4 is 19.7 Å². The lowest BCUT2D eigenvalue weighted by Crippen LogP contribution is -2.46. The van der Waals surface area contributed by atoms with Crippen molar-refractivity contribution in [2.45, 2.75) is 13.0 Å². The zero-order valence-corrected chi connectivity index (χ0v) is 14.4. The summed E-state index contributed by atoms with van der Waals surface area (Å²) in [5, 5.41) is 5.47. The molecule has 0 saturated heterocycles. The van der Waals surface area contributed by atoms with Gasteiger partial charge in [-0.3, -0.25) is 4.90 Å². The van der Waals surface area contributed by atoms with Crippen molar-refractivity contribution < 1.29 is 14.3 Å². The topological polar surface area (TPSA) is 50.8 Å². The first-order valence-corrected chi connectivity index (χ1v) is 8.75. The van der Waals surface area contributed by atoms with Crippen LogP contribution in [0, 0.1) is 0 Å². The van der Waals surface area contributed by atoms with Gasteiger partial charge in [-0.25, -0.2) is 4.79 Å². The second-order valence-electron chi connectivity index (χ2n) is 6.50. The molecule has 2 aliphatic rings. The van der Waals surface area contributed by atoms with Gasteiger partial charge in [-0.1, -0.05) is 36.4 Å². The molecule has 130 valence electrons. The molecule has 1 N–H and O–H groups in total. The highest BCUT2D eigenvalue weighted by atomic mass is 16.7. The maximum atomic E-state index is 12.7. The summed E-state index contributed by atoms with van der Waals surface area (Å²) in [5.74, 6) is 1.41. The molecule has 5 rings (SSSR count). The predicted octanol–water partition coefficient (Wildman–Crippen LogP) is 4.21. The molecule has 5 nitrogen and oxygen atoms in total. The first-order chi connectivity index (χ1) is 12.7. The summed E-state index contributed by atoms with van der Waals surface area (Å²) >= 11 is 0. The molecule has 1 unspecified atom stereocenters. The van der Waals surface area contributed by atoms with E-state index in [0.717, 1.165) is 28.0 Å². The highest BCUT2D eigenvalue weighted by Gasteiger charge is 2.33. The molecule has 5 heteroatoms. The van der Waals surface area contributed by atoms with Crippen molar-refractivity contribution in [3.63, 3.8) is 0 Å². The van der Waals surface area contributed by atoms with E-state index in [-0.39, 0.29) is 18.9 Å². The second-order valence-corrected chi connectivity index (χ2v) is 6.50. The van der Waals surface area contributed by atoms with E-state index in [9.17, 15) is 4.79 Å². The molecular formula is C21H18N2O3. The number of anilines is 1. The number of hydrogen-bond acceptors (Lipinski definition) is 3. The monoisotopic (exact) mass is 346 g/mol. The molecule has 3 aromatic rings. The number of carbonyl (C=O) groups excluding carboxylic acids is 1. The largest absolute Gasteiger partial charge is 0.454 e. The van der Waals surface area contributed by atoms with Crippen molar-refractivity contribution in [3.8, 4) is 11.5 Å². The van der Waals surface area contributed by atoms with Crippen molar-refractivity contribution >= 4 is 22.5 Å². The summed E-state index contributed by atoms with van der Waals surface area (Å²) in [6.45, 7) is 2.76. The fourth-order valence-electron chi connectivity index (χ4n) is 3.76. The fourth-order valence-corrected chi connectivity index (χ4v) is 3.76. The lowest BCUT2D eigenvalue weighted by atomic mass is 9.93. The third-order valence-corrected chi connectivity index (χ3v) is 5.06. The summed E-state index contributed by atoms with van der Waals surface area (Å²) in [5.41, 5.74) is 2.94. The highest BCUT2D eigenvalue weighted by Crippen LogP contribution is 2.44. The summed E-state index contributed by atoms with van der Waals surface area (Å²) < 4.78 is 11.1. The molecule has 0 saturated carbocycles. The Kier molecular flexibility index (Phi) is 3.28. The van der Waals surface area contributed by atoms with Crippen LogP contribution in [-0.4, -0.2) is 19.4 Å². The third kappa shape index (κ3) is 2.20. The number of rotatable bonds is 2. The number of carbonyl (C=O) groups is 1. The minimum Gasteiger partial charge on any atom is -0.454 e. The molecule has 1 atom stereocenters. The number of nitrogens with zero attached hydrogens (tertiary/aromatic N) is 1. The first kappa shape index (κ1) is 15.1. The molecule has 0 spiro atoms. The summed E-state index contributed by atoms with van der Waals surface area (Å²) in [7, 11) is 0. The standard InChI is InChI=1S/C21H18N2O3/c1-2-23-17-11-19-18(25-12-26-19)10-16(17)20(22-21(23)24)15-8-7-13-5-3-4-6-14(13)9-15/h3-11,20H,2,12H2,1H3,(H,22,24). The van der Waals surface area contributed by atoms with E-state index < -0.39 is 0 Å². The van der Waals surface area contributed by atoms with Crippen molar-refractivity contribution in [3.05, 3.63) is 65.7 Å². The van der Waals surface area contributed by atoms with Crippen LogP contribution in [0.25, 0.3) is 10.8 Å². The van der Waals surface area contributed by atoms with Crippen molar-refractivity contribution in [1.29, 1.82) is 0 Å². The molecule has 0 fully saturated rings. The normalized spacial score (nSPS) is 18.0. The van der Waals surface area contributed by atoms with Gasteiger partial charge in [0.2, 0.25) is 6.79 Å². The lowest BCUT2D eigenvalue weighted by Gasteiger charge is -2.35. The zero-order chi connectivity index (χ0) is 17.7. The van der Waals surface area contributed by atoms with Gasteiger partial charge in [0.15, 0.2) is 11.5 Å². The first-order valence-electron chi connectivity index (χ1n) is 8.75. The van der Waals surface area contributed by atoms with Gasteiger partial charge in [-0.15, -0.1) is 0 Å². The van der Waals surface area contributed by atoms with E-state index in [1.807, 2.05) is 31.2 Å². The maximum absolute atomic E-state index is 12.7. The van der Waals surface area contributed by atoms with E-state index >= 15 is 0 Å². The van der Waals surface area contributed by atoms with E-state index in [1.54, 1.807) is 4.90 Å². The van der Waals surface area contributed by atoms with Crippen molar-refractivity contribution in [1.82, 2.24) is 5.32 Å². The Morgan fingerprint density at radius 2 is 1.81 bits per heavy atom. The molecule has 0 aromatic heterocycles. The average Bonchev–Trinajstić information content (AvgIpc) is 3.13. The number of urea groups is 1. The predicted molar refractivity (Wildman–Crippen MR) is 99.9 cm³/mol. The van der Waals surface area contributed by atoms with E-state index in [1.165, 1.54) is 5.39 Å². The molecule has 2 amide bonds. The van der Waals surface area contributed by atoms with E-state index in [0.29, 0.717) is 12.3 Å². The Morgan fingerprint density at radius 3 is 2.62 bits per heavy atom.